The van der Waals surface area contributed by atoms with E-state index in [0.717, 1.165) is 36.2 Å². The summed E-state index contributed by atoms with van der Waals surface area (Å²) in [6.07, 6.45) is 3.11. The fourth-order valence-electron chi connectivity index (χ4n) is 2.53. The van der Waals surface area contributed by atoms with Gasteiger partial charge < -0.3 is 0 Å². The lowest BCUT2D eigenvalue weighted by molar-refractivity contribution is 0.102. The first kappa shape index (κ1) is 22.5. The number of rotatable bonds is 8. The minimum absolute atomic E-state index is 0.0290. The molecule has 0 fully saturated rings. The van der Waals surface area contributed by atoms with E-state index in [1.165, 1.54) is 18.2 Å². The number of carbonyl (C=O) groups is 1. The summed E-state index contributed by atoms with van der Waals surface area (Å²) in [7, 11) is -3.94. The minimum Gasteiger partial charge on any atom is -0.296 e. The molecule has 0 unspecified atom stereocenters. The molecule has 1 heterocycles. The maximum atomic E-state index is 12.6. The van der Waals surface area contributed by atoms with E-state index in [2.05, 4.69) is 27.2 Å². The van der Waals surface area contributed by atoms with Crippen LogP contribution in [0.25, 0.3) is 0 Å². The van der Waals surface area contributed by atoms with Crippen LogP contribution < -0.4 is 10.0 Å². The second-order valence-corrected chi connectivity index (χ2v) is 10.0. The van der Waals surface area contributed by atoms with Crippen molar-refractivity contribution in [2.45, 2.75) is 30.5 Å². The first-order valence-electron chi connectivity index (χ1n) is 9.00. The van der Waals surface area contributed by atoms with Crippen LogP contribution in [0, 0.1) is 0 Å². The lowest BCUT2D eigenvalue weighted by Gasteiger charge is -2.06. The summed E-state index contributed by atoms with van der Waals surface area (Å²) in [4.78, 5) is 12.3. The van der Waals surface area contributed by atoms with Crippen molar-refractivity contribution in [3.05, 3.63) is 63.6 Å². The van der Waals surface area contributed by atoms with Crippen molar-refractivity contribution in [1.29, 1.82) is 0 Å². The van der Waals surface area contributed by atoms with Crippen LogP contribution in [0.15, 0.2) is 46.8 Å². The number of unbranched alkanes of at least 4 members (excludes halogenated alkanes) is 1. The highest BCUT2D eigenvalue weighted by Gasteiger charge is 2.22. The van der Waals surface area contributed by atoms with E-state index in [9.17, 15) is 13.2 Å². The first-order valence-corrected chi connectivity index (χ1v) is 12.1. The largest absolute Gasteiger partial charge is 0.296 e. The lowest BCUT2D eigenvalue weighted by Crippen LogP contribution is -2.12. The van der Waals surface area contributed by atoms with Gasteiger partial charge in [-0.1, -0.05) is 60.0 Å². The Bertz CT molecular complexity index is 1150. The number of hydrogen-bond donors (Lipinski definition) is 2. The summed E-state index contributed by atoms with van der Waals surface area (Å²) in [6, 6.07) is 11.6. The highest BCUT2D eigenvalue weighted by molar-refractivity contribution is 7.94. The van der Waals surface area contributed by atoms with Crippen LogP contribution in [-0.2, 0) is 16.4 Å². The Balaban J connectivity index is 1.69. The highest BCUT2D eigenvalue weighted by Crippen LogP contribution is 2.25. The number of carbonyl (C=O) groups excluding carboxylic acids is 1. The number of benzene rings is 2. The van der Waals surface area contributed by atoms with Gasteiger partial charge in [0.1, 0.15) is 0 Å². The normalized spacial score (nSPS) is 11.3. The van der Waals surface area contributed by atoms with E-state index < -0.39 is 15.9 Å². The molecule has 1 aromatic heterocycles. The molecule has 2 N–H and O–H groups in total. The van der Waals surface area contributed by atoms with Gasteiger partial charge >= 0.3 is 0 Å². The Morgan fingerprint density at radius 3 is 2.50 bits per heavy atom. The van der Waals surface area contributed by atoms with Crippen LogP contribution >= 0.6 is 34.5 Å². The molecule has 0 saturated heterocycles. The van der Waals surface area contributed by atoms with Crippen molar-refractivity contribution in [2.24, 2.45) is 0 Å². The first-order chi connectivity index (χ1) is 14.3. The molecule has 2 aromatic carbocycles. The van der Waals surface area contributed by atoms with Crippen molar-refractivity contribution >= 4 is 61.3 Å². The lowest BCUT2D eigenvalue weighted by atomic mass is 10.1. The molecule has 0 atom stereocenters. The summed E-state index contributed by atoms with van der Waals surface area (Å²) >= 11 is 12.6. The molecular formula is C19H18Cl2N4O3S2. The highest BCUT2D eigenvalue weighted by atomic mass is 35.5. The number of amides is 1. The molecule has 0 bridgehead atoms. The van der Waals surface area contributed by atoms with Gasteiger partial charge in [0.2, 0.25) is 5.13 Å². The molecular weight excluding hydrogens is 467 g/mol. The molecule has 3 aromatic rings. The van der Waals surface area contributed by atoms with E-state index in [0.29, 0.717) is 10.7 Å². The molecule has 3 rings (SSSR count). The standard InChI is InChI=1S/C19H18Cl2N4O3S2/c1-2-3-4-12-5-8-14(9-6-12)25-30(27,28)19-24-23-18(29-19)22-17(26)15-10-7-13(20)11-16(15)21/h5-11,25H,2-4H2,1H3,(H,22,23,26). The molecule has 0 aliphatic rings. The number of nitrogens with zero attached hydrogens (tertiary/aromatic N) is 2. The van der Waals surface area contributed by atoms with E-state index in [1.807, 2.05) is 12.1 Å². The van der Waals surface area contributed by atoms with Crippen molar-refractivity contribution in [3.63, 3.8) is 0 Å². The van der Waals surface area contributed by atoms with Gasteiger partial charge in [-0.15, -0.1) is 10.2 Å². The summed E-state index contributed by atoms with van der Waals surface area (Å²) in [5.74, 6) is -0.549. The zero-order valence-electron chi connectivity index (χ0n) is 15.9. The van der Waals surface area contributed by atoms with Gasteiger partial charge in [-0.05, 0) is 48.7 Å². The van der Waals surface area contributed by atoms with Crippen LogP contribution in [0.4, 0.5) is 10.8 Å². The smallest absolute Gasteiger partial charge is 0.291 e. The second kappa shape index (κ2) is 9.74. The molecule has 30 heavy (non-hydrogen) atoms. The third-order valence-electron chi connectivity index (χ3n) is 4.06. The Hall–Kier alpha value is -2.20. The second-order valence-electron chi connectivity index (χ2n) is 6.36. The van der Waals surface area contributed by atoms with Crippen molar-refractivity contribution in [2.75, 3.05) is 10.0 Å². The molecule has 11 heteroatoms. The third kappa shape index (κ3) is 5.69. The predicted molar refractivity (Wildman–Crippen MR) is 120 cm³/mol. The summed E-state index contributed by atoms with van der Waals surface area (Å²) in [5.41, 5.74) is 1.74. The molecule has 0 aliphatic carbocycles. The molecule has 1 amide bonds. The van der Waals surface area contributed by atoms with E-state index in [-0.39, 0.29) is 20.1 Å². The Kier molecular flexibility index (Phi) is 7.30. The number of hydrogen-bond acceptors (Lipinski definition) is 6. The molecule has 0 aliphatic heterocycles. The molecule has 0 saturated carbocycles. The molecule has 0 spiro atoms. The van der Waals surface area contributed by atoms with Gasteiger partial charge in [0.25, 0.3) is 20.3 Å². The van der Waals surface area contributed by atoms with Crippen LogP contribution in [0.3, 0.4) is 0 Å². The van der Waals surface area contributed by atoms with E-state index >= 15 is 0 Å². The number of sulfonamides is 1. The Morgan fingerprint density at radius 2 is 1.83 bits per heavy atom. The predicted octanol–water partition coefficient (Wildman–Crippen LogP) is 5.24. The summed E-state index contributed by atoms with van der Waals surface area (Å²) < 4.78 is 27.3. The third-order valence-corrected chi connectivity index (χ3v) is 7.19. The summed E-state index contributed by atoms with van der Waals surface area (Å²) in [6.45, 7) is 2.12. The maximum absolute atomic E-state index is 12.6. The fraction of sp³-hybridized carbons (Fsp3) is 0.211. The number of aromatic nitrogens is 2. The topological polar surface area (TPSA) is 101 Å². The van der Waals surface area contributed by atoms with Crippen molar-refractivity contribution < 1.29 is 13.2 Å². The van der Waals surface area contributed by atoms with Crippen LogP contribution in [-0.4, -0.2) is 24.5 Å². The van der Waals surface area contributed by atoms with Gasteiger partial charge in [0.05, 0.1) is 10.6 Å². The number of anilines is 2. The minimum atomic E-state index is -3.94. The van der Waals surface area contributed by atoms with E-state index in [4.69, 9.17) is 23.2 Å². The SMILES string of the molecule is CCCCc1ccc(NS(=O)(=O)c2nnc(NC(=O)c3ccc(Cl)cc3Cl)s2)cc1. The van der Waals surface area contributed by atoms with Gasteiger partial charge in [-0.25, -0.2) is 0 Å². The average molecular weight is 485 g/mol. The van der Waals surface area contributed by atoms with Gasteiger partial charge in [-0.3, -0.25) is 14.8 Å². The van der Waals surface area contributed by atoms with Crippen molar-refractivity contribution in [3.8, 4) is 0 Å². The van der Waals surface area contributed by atoms with E-state index in [1.54, 1.807) is 12.1 Å². The van der Waals surface area contributed by atoms with Gasteiger partial charge in [0, 0.05) is 10.7 Å². The number of aryl methyl sites for hydroxylation is 1. The van der Waals surface area contributed by atoms with Crippen LogP contribution in [0.1, 0.15) is 35.7 Å². The number of halogens is 2. The zero-order chi connectivity index (χ0) is 21.7. The van der Waals surface area contributed by atoms with Gasteiger partial charge in [0.15, 0.2) is 0 Å². The Morgan fingerprint density at radius 1 is 1.10 bits per heavy atom. The van der Waals surface area contributed by atoms with Crippen LogP contribution in [0.5, 0.6) is 0 Å². The monoisotopic (exact) mass is 484 g/mol. The number of nitrogens with one attached hydrogen (secondary N) is 2. The molecule has 7 nitrogen and oxygen atoms in total. The van der Waals surface area contributed by atoms with Crippen molar-refractivity contribution in [1.82, 2.24) is 10.2 Å². The maximum Gasteiger partial charge on any atom is 0.291 e. The molecule has 158 valence electrons. The molecule has 0 radical (unpaired) electrons. The summed E-state index contributed by atoms with van der Waals surface area (Å²) in [5, 5.41) is 10.5. The van der Waals surface area contributed by atoms with Gasteiger partial charge in [-0.2, -0.15) is 8.42 Å². The van der Waals surface area contributed by atoms with Crippen LogP contribution in [0.2, 0.25) is 10.0 Å². The fourth-order valence-corrected chi connectivity index (χ4v) is 4.98. The quantitative estimate of drug-likeness (QED) is 0.425. The average Bonchev–Trinajstić information content (AvgIpc) is 3.16. The Labute approximate surface area is 188 Å². The zero-order valence-corrected chi connectivity index (χ0v) is 19.0.